The fourth-order valence-electron chi connectivity index (χ4n) is 2.77. The molecule has 0 aliphatic carbocycles. The number of allylic oxidation sites excluding steroid dienone is 2. The average molecular weight is 409 g/mol. The van der Waals surface area contributed by atoms with Gasteiger partial charge in [-0.25, -0.2) is 0 Å². The second-order valence-corrected chi connectivity index (χ2v) is 6.99. The Balaban J connectivity index is 1.79. The van der Waals surface area contributed by atoms with Gasteiger partial charge in [0.25, 0.3) is 0 Å². The quantitative estimate of drug-likeness (QED) is 0.330. The minimum atomic E-state index is -0.993. The molecule has 28 heavy (non-hydrogen) atoms. The summed E-state index contributed by atoms with van der Waals surface area (Å²) in [4.78, 5) is 10.5. The highest BCUT2D eigenvalue weighted by Gasteiger charge is 2.34. The first-order chi connectivity index (χ1) is 13.5. The summed E-state index contributed by atoms with van der Waals surface area (Å²) in [7, 11) is 0. The molecule has 1 aromatic carbocycles. The number of carboxylic acids is 1. The molecule has 1 saturated heterocycles. The lowest BCUT2D eigenvalue weighted by Crippen LogP contribution is -2.23. The van der Waals surface area contributed by atoms with Gasteiger partial charge >= 0.3 is 5.97 Å². The number of halogens is 1. The zero-order chi connectivity index (χ0) is 20.4. The smallest absolute Gasteiger partial charge is 0.303 e. The van der Waals surface area contributed by atoms with E-state index in [1.807, 2.05) is 12.2 Å². The Bertz CT molecular complexity index is 723. The molecule has 152 valence electrons. The van der Waals surface area contributed by atoms with Gasteiger partial charge in [0, 0.05) is 17.4 Å². The van der Waals surface area contributed by atoms with E-state index in [1.165, 1.54) is 0 Å². The van der Waals surface area contributed by atoms with Crippen LogP contribution >= 0.6 is 11.6 Å². The Morgan fingerprint density at radius 2 is 2.25 bits per heavy atom. The van der Waals surface area contributed by atoms with Crippen LogP contribution in [0, 0.1) is 17.8 Å². The van der Waals surface area contributed by atoms with E-state index in [0.717, 1.165) is 0 Å². The number of aliphatic carboxylic acids is 1. The van der Waals surface area contributed by atoms with Crippen LogP contribution in [0.15, 0.2) is 36.4 Å². The van der Waals surface area contributed by atoms with Crippen LogP contribution in [-0.2, 0) is 9.53 Å². The highest BCUT2D eigenvalue weighted by atomic mass is 35.5. The van der Waals surface area contributed by atoms with Crippen molar-refractivity contribution < 1.29 is 29.6 Å². The zero-order valence-electron chi connectivity index (χ0n) is 15.5. The molecule has 7 heteroatoms. The van der Waals surface area contributed by atoms with Gasteiger partial charge in [-0.05, 0) is 37.5 Å². The topological polar surface area (TPSA) is 96.2 Å². The molecule has 0 aromatic heterocycles. The Morgan fingerprint density at radius 1 is 1.43 bits per heavy atom. The van der Waals surface area contributed by atoms with E-state index in [-0.39, 0.29) is 25.6 Å². The summed E-state index contributed by atoms with van der Waals surface area (Å²) in [6.45, 7) is 0.197. The Hall–Kier alpha value is -2.04. The molecule has 1 aliphatic rings. The molecule has 1 fully saturated rings. The van der Waals surface area contributed by atoms with Gasteiger partial charge in [0.2, 0.25) is 0 Å². The second kappa shape index (κ2) is 11.7. The molecule has 1 unspecified atom stereocenters. The number of carboxylic acid groups (broad SMARTS) is 1. The molecule has 4 atom stereocenters. The molecule has 3 N–H and O–H groups in total. The predicted octanol–water partition coefficient (Wildman–Crippen LogP) is 2.66. The molecular weight excluding hydrogens is 384 g/mol. The van der Waals surface area contributed by atoms with Crippen molar-refractivity contribution in [2.45, 2.75) is 44.0 Å². The van der Waals surface area contributed by atoms with Gasteiger partial charge in [-0.2, -0.15) is 0 Å². The summed E-state index contributed by atoms with van der Waals surface area (Å²) in [6, 6.07) is 6.87. The van der Waals surface area contributed by atoms with Gasteiger partial charge in [0.05, 0.1) is 12.7 Å². The average Bonchev–Trinajstić information content (AvgIpc) is 3.01. The Kier molecular flexibility index (Phi) is 9.32. The molecule has 0 amide bonds. The fraction of sp³-hybridized carbons (Fsp3) is 0.476. The normalized spacial score (nSPS) is 22.6. The molecular formula is C21H25ClO6. The maximum atomic E-state index is 10.5. The molecule has 6 nitrogen and oxygen atoms in total. The van der Waals surface area contributed by atoms with Gasteiger partial charge in [-0.1, -0.05) is 41.7 Å². The lowest BCUT2D eigenvalue weighted by Gasteiger charge is -2.14. The largest absolute Gasteiger partial charge is 0.490 e. The number of benzene rings is 1. The summed E-state index contributed by atoms with van der Waals surface area (Å²) in [6.07, 6.45) is 3.70. The third-order valence-electron chi connectivity index (χ3n) is 4.26. The molecule has 0 radical (unpaired) electrons. The molecule has 2 rings (SSSR count). The first-order valence-electron chi connectivity index (χ1n) is 9.19. The number of aliphatic hydroxyl groups excluding tert-OH is 2. The first-order valence-corrected chi connectivity index (χ1v) is 9.57. The van der Waals surface area contributed by atoms with Crippen LogP contribution < -0.4 is 4.74 Å². The molecule has 1 aromatic rings. The van der Waals surface area contributed by atoms with Crippen LogP contribution in [0.1, 0.15) is 25.7 Å². The van der Waals surface area contributed by atoms with Crippen LogP contribution in [0.5, 0.6) is 5.75 Å². The van der Waals surface area contributed by atoms with E-state index in [1.54, 1.807) is 24.3 Å². The standard InChI is InChI=1S/C21H25ClO6/c22-15-6-5-7-17(12-15)27-13-16(23)10-11-20-18(19(24)14-28-20)8-3-1-2-4-9-21(25)26/h1,3,5-7,12,16,18-20,23-24H,2,4,8-9,13-14H2,(H,25,26)/t16-,18-,19-,20?/m0/s1. The third-order valence-corrected chi connectivity index (χ3v) is 4.50. The highest BCUT2D eigenvalue weighted by molar-refractivity contribution is 6.30. The zero-order valence-corrected chi connectivity index (χ0v) is 16.2. The van der Waals surface area contributed by atoms with Crippen LogP contribution in [0.25, 0.3) is 0 Å². The summed E-state index contributed by atoms with van der Waals surface area (Å²) >= 11 is 5.88. The highest BCUT2D eigenvalue weighted by Crippen LogP contribution is 2.25. The minimum absolute atomic E-state index is 0.00321. The number of hydrogen-bond donors (Lipinski definition) is 3. The SMILES string of the molecule is O=C(O)CCCC=CC[C@@H]1C(C#C[C@H](O)COc2cccc(Cl)c2)OC[C@@H]1O. The van der Waals surface area contributed by atoms with Crippen LogP contribution in [0.3, 0.4) is 0 Å². The van der Waals surface area contributed by atoms with E-state index >= 15 is 0 Å². The maximum Gasteiger partial charge on any atom is 0.303 e. The van der Waals surface area contributed by atoms with Gasteiger partial charge in [-0.15, -0.1) is 0 Å². The Morgan fingerprint density at radius 3 is 3.00 bits per heavy atom. The molecule has 0 bridgehead atoms. The summed E-state index contributed by atoms with van der Waals surface area (Å²) < 4.78 is 11.0. The molecule has 1 heterocycles. The van der Waals surface area contributed by atoms with Gasteiger partial charge < -0.3 is 24.8 Å². The summed E-state index contributed by atoms with van der Waals surface area (Å²) in [5.41, 5.74) is 0. The van der Waals surface area contributed by atoms with Crippen molar-refractivity contribution >= 4 is 17.6 Å². The van der Waals surface area contributed by atoms with E-state index in [2.05, 4.69) is 11.8 Å². The van der Waals surface area contributed by atoms with Gasteiger partial charge in [-0.3, -0.25) is 4.79 Å². The predicted molar refractivity (Wildman–Crippen MR) is 105 cm³/mol. The molecule has 0 saturated carbocycles. The summed E-state index contributed by atoms with van der Waals surface area (Å²) in [5, 5.41) is 29.2. The first kappa shape index (κ1) is 22.3. The van der Waals surface area contributed by atoms with Crippen molar-refractivity contribution in [1.82, 2.24) is 0 Å². The number of hydrogen-bond acceptors (Lipinski definition) is 5. The number of unbranched alkanes of at least 4 members (excludes halogenated alkanes) is 1. The van der Waals surface area contributed by atoms with Gasteiger partial charge in [0.1, 0.15) is 24.6 Å². The van der Waals surface area contributed by atoms with Crippen LogP contribution in [0.2, 0.25) is 5.02 Å². The van der Waals surface area contributed by atoms with E-state index in [0.29, 0.717) is 30.0 Å². The van der Waals surface area contributed by atoms with E-state index in [9.17, 15) is 15.0 Å². The Labute approximate surface area is 169 Å². The van der Waals surface area contributed by atoms with Crippen molar-refractivity contribution in [3.05, 3.63) is 41.4 Å². The van der Waals surface area contributed by atoms with Crippen LogP contribution in [0.4, 0.5) is 0 Å². The molecule has 0 spiro atoms. The van der Waals surface area contributed by atoms with Crippen molar-refractivity contribution in [3.63, 3.8) is 0 Å². The second-order valence-electron chi connectivity index (χ2n) is 6.55. The van der Waals surface area contributed by atoms with E-state index in [4.69, 9.17) is 26.2 Å². The van der Waals surface area contributed by atoms with Crippen molar-refractivity contribution in [1.29, 1.82) is 0 Å². The van der Waals surface area contributed by atoms with Crippen molar-refractivity contribution in [3.8, 4) is 17.6 Å². The van der Waals surface area contributed by atoms with E-state index < -0.39 is 24.3 Å². The summed E-state index contributed by atoms with van der Waals surface area (Å²) in [5.74, 6) is 5.13. The third kappa shape index (κ3) is 7.91. The number of aliphatic hydroxyl groups is 2. The monoisotopic (exact) mass is 408 g/mol. The maximum absolute atomic E-state index is 10.5. The lowest BCUT2D eigenvalue weighted by molar-refractivity contribution is -0.137. The fourth-order valence-corrected chi connectivity index (χ4v) is 2.96. The van der Waals surface area contributed by atoms with Gasteiger partial charge in [0.15, 0.2) is 0 Å². The van der Waals surface area contributed by atoms with Crippen molar-refractivity contribution in [2.24, 2.45) is 5.92 Å². The van der Waals surface area contributed by atoms with Crippen LogP contribution in [-0.4, -0.2) is 52.8 Å². The van der Waals surface area contributed by atoms with Crippen molar-refractivity contribution in [2.75, 3.05) is 13.2 Å². The number of ether oxygens (including phenoxy) is 2. The number of rotatable bonds is 9. The minimum Gasteiger partial charge on any atom is -0.490 e. The number of carbonyl (C=O) groups is 1. The lowest BCUT2D eigenvalue weighted by atomic mass is 9.95. The molecule has 1 aliphatic heterocycles.